The number of nitrogens with one attached hydrogen (secondary N) is 2. The molecule has 1 fully saturated rings. The fraction of sp³-hybridized carbons (Fsp3) is 0.643. The third-order valence-corrected chi connectivity index (χ3v) is 3.44. The fourth-order valence-electron chi connectivity index (χ4n) is 2.38. The Balaban J connectivity index is 1.67. The molecule has 2 heterocycles. The van der Waals surface area contributed by atoms with E-state index in [4.69, 9.17) is 0 Å². The van der Waals surface area contributed by atoms with Crippen LogP contribution in [-0.4, -0.2) is 46.5 Å². The molecular weight excluding hydrogens is 256 g/mol. The number of hydrogen-bond donors (Lipinski definition) is 2. The number of nitrogens with zero attached hydrogens (tertiary/aromatic N) is 2. The number of carbonyl (C=O) groups is 2. The summed E-state index contributed by atoms with van der Waals surface area (Å²) in [6.07, 6.45) is 4.33. The van der Waals surface area contributed by atoms with Crippen molar-refractivity contribution in [2.45, 2.75) is 39.0 Å². The van der Waals surface area contributed by atoms with Crippen LogP contribution in [0.25, 0.3) is 0 Å². The highest BCUT2D eigenvalue weighted by Crippen LogP contribution is 2.09. The predicted molar refractivity (Wildman–Crippen MR) is 75.3 cm³/mol. The number of carbonyl (C=O) groups excluding carboxylic acids is 2. The van der Waals surface area contributed by atoms with Gasteiger partial charge in [-0.1, -0.05) is 13.3 Å². The van der Waals surface area contributed by atoms with Crippen molar-refractivity contribution in [3.8, 4) is 0 Å². The summed E-state index contributed by atoms with van der Waals surface area (Å²) in [6.45, 7) is 4.23. The van der Waals surface area contributed by atoms with Crippen LogP contribution in [-0.2, 0) is 11.2 Å². The molecule has 1 saturated heterocycles. The Kier molecular flexibility index (Phi) is 5.15. The van der Waals surface area contributed by atoms with Crippen molar-refractivity contribution in [1.82, 2.24) is 20.4 Å². The van der Waals surface area contributed by atoms with Gasteiger partial charge < -0.3 is 10.2 Å². The second kappa shape index (κ2) is 7.07. The summed E-state index contributed by atoms with van der Waals surface area (Å²) in [5.41, 5.74) is 1.42. The zero-order valence-electron chi connectivity index (χ0n) is 11.9. The Morgan fingerprint density at radius 1 is 1.55 bits per heavy atom. The third-order valence-electron chi connectivity index (χ3n) is 3.44. The normalized spacial score (nSPS) is 14.8. The van der Waals surface area contributed by atoms with Crippen molar-refractivity contribution in [2.75, 3.05) is 19.6 Å². The maximum atomic E-state index is 11.8. The maximum absolute atomic E-state index is 11.8. The summed E-state index contributed by atoms with van der Waals surface area (Å²) in [7, 11) is 0. The molecular formula is C14H22N4O2. The standard InChI is InChI=1S/C14H22N4O2/c1-2-5-11-10-12(17-16-11)14(20)15-7-4-9-18-8-3-6-13(18)19/h10H,2-9H2,1H3,(H,15,20)(H,16,17). The highest BCUT2D eigenvalue weighted by molar-refractivity contribution is 5.92. The van der Waals surface area contributed by atoms with E-state index in [0.717, 1.165) is 44.5 Å². The summed E-state index contributed by atoms with van der Waals surface area (Å²) >= 11 is 0. The van der Waals surface area contributed by atoms with Gasteiger partial charge in [0.25, 0.3) is 5.91 Å². The Bertz CT molecular complexity index is 469. The molecule has 1 aliphatic heterocycles. The molecule has 6 nitrogen and oxygen atoms in total. The molecule has 0 saturated carbocycles. The van der Waals surface area contributed by atoms with Gasteiger partial charge in [0.2, 0.25) is 5.91 Å². The predicted octanol–water partition coefficient (Wildman–Crippen LogP) is 1.10. The van der Waals surface area contributed by atoms with Gasteiger partial charge in [-0.2, -0.15) is 5.10 Å². The molecule has 0 radical (unpaired) electrons. The topological polar surface area (TPSA) is 78.1 Å². The van der Waals surface area contributed by atoms with E-state index >= 15 is 0 Å². The first-order valence-electron chi connectivity index (χ1n) is 7.31. The van der Waals surface area contributed by atoms with Crippen molar-refractivity contribution in [1.29, 1.82) is 0 Å². The molecule has 1 aliphatic rings. The molecule has 0 bridgehead atoms. The first-order valence-corrected chi connectivity index (χ1v) is 7.31. The SMILES string of the molecule is CCCc1cc(C(=O)NCCCN2CCCC2=O)n[nH]1. The van der Waals surface area contributed by atoms with Gasteiger partial charge in [0.15, 0.2) is 0 Å². The highest BCUT2D eigenvalue weighted by atomic mass is 16.2. The van der Waals surface area contributed by atoms with E-state index in [-0.39, 0.29) is 11.8 Å². The molecule has 0 aromatic carbocycles. The number of hydrogen-bond acceptors (Lipinski definition) is 3. The molecule has 2 amide bonds. The van der Waals surface area contributed by atoms with Crippen LogP contribution in [0.4, 0.5) is 0 Å². The molecule has 1 aromatic rings. The van der Waals surface area contributed by atoms with E-state index in [2.05, 4.69) is 22.4 Å². The number of amides is 2. The van der Waals surface area contributed by atoms with E-state index in [1.807, 2.05) is 4.90 Å². The quantitative estimate of drug-likeness (QED) is 0.733. The van der Waals surface area contributed by atoms with Gasteiger partial charge in [-0.3, -0.25) is 14.7 Å². The minimum absolute atomic E-state index is 0.156. The second-order valence-electron chi connectivity index (χ2n) is 5.12. The number of aromatic nitrogens is 2. The van der Waals surface area contributed by atoms with E-state index < -0.39 is 0 Å². The van der Waals surface area contributed by atoms with Gasteiger partial charge in [0.1, 0.15) is 5.69 Å². The number of likely N-dealkylation sites (tertiary alicyclic amines) is 1. The van der Waals surface area contributed by atoms with Gasteiger partial charge in [0, 0.05) is 31.7 Å². The van der Waals surface area contributed by atoms with Crippen molar-refractivity contribution < 1.29 is 9.59 Å². The van der Waals surface area contributed by atoms with Crippen LogP contribution in [0.3, 0.4) is 0 Å². The molecule has 0 unspecified atom stereocenters. The lowest BCUT2D eigenvalue weighted by molar-refractivity contribution is -0.127. The summed E-state index contributed by atoms with van der Waals surface area (Å²) in [5.74, 6) is 0.0733. The minimum Gasteiger partial charge on any atom is -0.351 e. The average Bonchev–Trinajstić information content (AvgIpc) is 3.05. The minimum atomic E-state index is -0.156. The summed E-state index contributed by atoms with van der Waals surface area (Å²) < 4.78 is 0. The zero-order valence-corrected chi connectivity index (χ0v) is 11.9. The van der Waals surface area contributed by atoms with Crippen LogP contribution in [0.5, 0.6) is 0 Å². The highest BCUT2D eigenvalue weighted by Gasteiger charge is 2.19. The summed E-state index contributed by atoms with van der Waals surface area (Å²) in [5, 5.41) is 9.70. The van der Waals surface area contributed by atoms with Crippen molar-refractivity contribution >= 4 is 11.8 Å². The molecule has 1 aromatic heterocycles. The largest absolute Gasteiger partial charge is 0.351 e. The van der Waals surface area contributed by atoms with Crippen LogP contribution >= 0.6 is 0 Å². The zero-order chi connectivity index (χ0) is 14.4. The lowest BCUT2D eigenvalue weighted by Gasteiger charge is -2.14. The Hall–Kier alpha value is -1.85. The van der Waals surface area contributed by atoms with Crippen LogP contribution < -0.4 is 5.32 Å². The molecule has 0 aliphatic carbocycles. The molecule has 2 N–H and O–H groups in total. The molecule has 0 spiro atoms. The van der Waals surface area contributed by atoms with E-state index in [1.54, 1.807) is 6.07 Å². The number of rotatable bonds is 7. The van der Waals surface area contributed by atoms with Crippen LogP contribution in [0.15, 0.2) is 6.07 Å². The lowest BCUT2D eigenvalue weighted by Crippen LogP contribution is -2.30. The summed E-state index contributed by atoms with van der Waals surface area (Å²) in [6, 6.07) is 1.79. The molecule has 110 valence electrons. The second-order valence-corrected chi connectivity index (χ2v) is 5.12. The number of aromatic amines is 1. The van der Waals surface area contributed by atoms with Crippen molar-refractivity contribution in [2.24, 2.45) is 0 Å². The average molecular weight is 278 g/mol. The van der Waals surface area contributed by atoms with Crippen LogP contribution in [0, 0.1) is 0 Å². The molecule has 0 atom stereocenters. The lowest BCUT2D eigenvalue weighted by atomic mass is 10.2. The molecule has 6 heteroatoms. The van der Waals surface area contributed by atoms with E-state index in [0.29, 0.717) is 18.7 Å². The van der Waals surface area contributed by atoms with Gasteiger partial charge >= 0.3 is 0 Å². The van der Waals surface area contributed by atoms with E-state index in [1.165, 1.54) is 0 Å². The Morgan fingerprint density at radius 2 is 2.40 bits per heavy atom. The van der Waals surface area contributed by atoms with E-state index in [9.17, 15) is 9.59 Å². The Morgan fingerprint density at radius 3 is 3.10 bits per heavy atom. The monoisotopic (exact) mass is 278 g/mol. The molecule has 20 heavy (non-hydrogen) atoms. The number of aryl methyl sites for hydroxylation is 1. The van der Waals surface area contributed by atoms with Gasteiger partial charge in [0.05, 0.1) is 0 Å². The van der Waals surface area contributed by atoms with Crippen LogP contribution in [0.1, 0.15) is 48.8 Å². The summed E-state index contributed by atoms with van der Waals surface area (Å²) in [4.78, 5) is 25.1. The number of H-pyrrole nitrogens is 1. The van der Waals surface area contributed by atoms with Gasteiger partial charge in [-0.15, -0.1) is 0 Å². The fourth-order valence-corrected chi connectivity index (χ4v) is 2.38. The molecule has 2 rings (SSSR count). The first-order chi connectivity index (χ1) is 9.70. The Labute approximate surface area is 118 Å². The smallest absolute Gasteiger partial charge is 0.271 e. The van der Waals surface area contributed by atoms with Gasteiger partial charge in [-0.05, 0) is 25.3 Å². The third kappa shape index (κ3) is 3.82. The first kappa shape index (κ1) is 14.6. The van der Waals surface area contributed by atoms with Crippen molar-refractivity contribution in [3.63, 3.8) is 0 Å². The maximum Gasteiger partial charge on any atom is 0.271 e. The van der Waals surface area contributed by atoms with Gasteiger partial charge in [-0.25, -0.2) is 0 Å². The van der Waals surface area contributed by atoms with Crippen molar-refractivity contribution in [3.05, 3.63) is 17.5 Å². The van der Waals surface area contributed by atoms with Crippen LogP contribution in [0.2, 0.25) is 0 Å².